The first kappa shape index (κ1) is 79.1. The van der Waals surface area contributed by atoms with E-state index >= 15 is 0 Å². The fraction of sp³-hybridized carbons (Fsp3) is 0.727. The molecule has 1 atom stereocenters. The first-order valence-electron chi connectivity index (χ1n) is 35.4. The van der Waals surface area contributed by atoms with E-state index in [1.165, 1.54) is 173 Å². The number of carbonyl (C=O) groups is 3. The molecule has 0 bridgehead atoms. The van der Waals surface area contributed by atoms with Crippen LogP contribution in [-0.4, -0.2) is 37.2 Å². The Hall–Kier alpha value is -3.93. The molecule has 0 heterocycles. The number of hydrogen-bond acceptors (Lipinski definition) is 6. The quantitative estimate of drug-likeness (QED) is 0.0261. The number of ether oxygens (including phenoxy) is 3. The molecule has 0 saturated heterocycles. The normalized spacial score (nSPS) is 12.8. The summed E-state index contributed by atoms with van der Waals surface area (Å²) in [5.41, 5.74) is 0. The van der Waals surface area contributed by atoms with E-state index in [2.05, 4.69) is 130 Å². The van der Waals surface area contributed by atoms with E-state index < -0.39 is 6.10 Å². The van der Waals surface area contributed by atoms with E-state index in [1.54, 1.807) is 0 Å². The van der Waals surface area contributed by atoms with Crippen molar-refractivity contribution in [2.24, 2.45) is 0 Å². The van der Waals surface area contributed by atoms with Crippen LogP contribution in [0.5, 0.6) is 0 Å². The van der Waals surface area contributed by atoms with Gasteiger partial charge in [0, 0.05) is 19.3 Å². The second kappa shape index (κ2) is 70.6. The van der Waals surface area contributed by atoms with E-state index in [4.69, 9.17) is 14.2 Å². The smallest absolute Gasteiger partial charge is 0.306 e. The second-order valence-corrected chi connectivity index (χ2v) is 23.4. The van der Waals surface area contributed by atoms with Gasteiger partial charge in [-0.2, -0.15) is 0 Å². The molecule has 0 aliphatic carbocycles. The molecule has 0 aromatic carbocycles. The van der Waals surface area contributed by atoms with Crippen LogP contribution in [0, 0.1) is 0 Å². The minimum Gasteiger partial charge on any atom is -0.462 e. The van der Waals surface area contributed by atoms with Crippen LogP contribution in [0.1, 0.15) is 342 Å². The van der Waals surface area contributed by atoms with Crippen molar-refractivity contribution in [1.29, 1.82) is 0 Å². The third-order valence-electron chi connectivity index (χ3n) is 15.3. The van der Waals surface area contributed by atoms with Gasteiger partial charge in [-0.05, 0) is 103 Å². The lowest BCUT2D eigenvalue weighted by Crippen LogP contribution is -2.30. The second-order valence-electron chi connectivity index (χ2n) is 23.4. The molecule has 6 heteroatoms. The maximum Gasteiger partial charge on any atom is 0.306 e. The molecular formula is C77H132O6. The lowest BCUT2D eigenvalue weighted by atomic mass is 10.0. The monoisotopic (exact) mass is 1150 g/mol. The molecule has 0 spiro atoms. The molecule has 0 N–H and O–H groups in total. The highest BCUT2D eigenvalue weighted by molar-refractivity contribution is 5.71. The largest absolute Gasteiger partial charge is 0.462 e. The summed E-state index contributed by atoms with van der Waals surface area (Å²) >= 11 is 0. The standard InChI is InChI=1S/C77H132O6/c1-4-7-10-13-16-19-22-25-27-29-30-31-32-33-34-35-36-37-38-39-40-41-42-43-44-45-46-48-49-52-55-58-61-64-67-70-76(79)82-73-74(72-81-75(78)69-66-63-60-57-54-51-24-21-18-15-12-9-6-3)83-77(80)71-68-65-62-59-56-53-50-47-28-26-23-20-17-14-11-8-5-2/h7-8,10-11,16-17,19-20,25-28,30-31,33-34,50,53,74H,4-6,9,12-15,18,21-24,29,32,35-49,51-52,54-73H2,1-3H3/b10-7-,11-8-,19-16-,20-17-,27-25-,28-26-,31-30-,34-33-,53-50-. The molecule has 0 aliphatic rings. The summed E-state index contributed by atoms with van der Waals surface area (Å²) in [6.45, 7) is 6.43. The summed E-state index contributed by atoms with van der Waals surface area (Å²) in [4.78, 5) is 38.4. The number of unbranched alkanes of at least 4 members (excludes halogenated alkanes) is 35. The van der Waals surface area contributed by atoms with Crippen molar-refractivity contribution >= 4 is 17.9 Å². The number of rotatable bonds is 64. The van der Waals surface area contributed by atoms with Crippen molar-refractivity contribution in [3.05, 3.63) is 109 Å². The lowest BCUT2D eigenvalue weighted by Gasteiger charge is -2.18. The van der Waals surface area contributed by atoms with E-state index in [0.29, 0.717) is 19.3 Å². The average molecular weight is 1150 g/mol. The highest BCUT2D eigenvalue weighted by atomic mass is 16.6. The van der Waals surface area contributed by atoms with Gasteiger partial charge in [0.25, 0.3) is 0 Å². The predicted molar refractivity (Wildman–Crippen MR) is 362 cm³/mol. The third-order valence-corrected chi connectivity index (χ3v) is 15.3. The molecule has 0 saturated carbocycles. The van der Waals surface area contributed by atoms with E-state index in [-0.39, 0.29) is 31.1 Å². The van der Waals surface area contributed by atoms with E-state index in [1.807, 2.05) is 0 Å². The minimum atomic E-state index is -0.789. The van der Waals surface area contributed by atoms with Gasteiger partial charge in [0.05, 0.1) is 0 Å². The molecule has 83 heavy (non-hydrogen) atoms. The van der Waals surface area contributed by atoms with E-state index in [0.717, 1.165) is 128 Å². The van der Waals surface area contributed by atoms with Crippen molar-refractivity contribution in [3.8, 4) is 0 Å². The van der Waals surface area contributed by atoms with Crippen molar-refractivity contribution in [3.63, 3.8) is 0 Å². The molecule has 1 unspecified atom stereocenters. The van der Waals surface area contributed by atoms with Crippen LogP contribution in [0.3, 0.4) is 0 Å². The number of carbonyl (C=O) groups excluding carboxylic acids is 3. The van der Waals surface area contributed by atoms with Crippen molar-refractivity contribution < 1.29 is 28.6 Å². The van der Waals surface area contributed by atoms with Gasteiger partial charge in [-0.1, -0.05) is 329 Å². The Morgan fingerprint density at radius 1 is 0.253 bits per heavy atom. The fourth-order valence-electron chi connectivity index (χ4n) is 10.1. The van der Waals surface area contributed by atoms with Gasteiger partial charge in [-0.3, -0.25) is 14.4 Å². The van der Waals surface area contributed by atoms with Crippen LogP contribution < -0.4 is 0 Å². The molecule has 0 aromatic heterocycles. The number of hydrogen-bond donors (Lipinski definition) is 0. The Bertz CT molecular complexity index is 1660. The zero-order chi connectivity index (χ0) is 59.9. The van der Waals surface area contributed by atoms with Crippen molar-refractivity contribution in [1.82, 2.24) is 0 Å². The number of allylic oxidation sites excluding steroid dienone is 18. The molecule has 0 radical (unpaired) electrons. The van der Waals surface area contributed by atoms with Crippen LogP contribution in [0.15, 0.2) is 109 Å². The Kier molecular flexibility index (Phi) is 67.2. The van der Waals surface area contributed by atoms with E-state index in [9.17, 15) is 14.4 Å². The maximum atomic E-state index is 12.9. The summed E-state index contributed by atoms with van der Waals surface area (Å²) in [5.74, 6) is -0.891. The summed E-state index contributed by atoms with van der Waals surface area (Å²) in [6, 6.07) is 0. The molecule has 476 valence electrons. The summed E-state index contributed by atoms with van der Waals surface area (Å²) in [7, 11) is 0. The number of esters is 3. The first-order valence-corrected chi connectivity index (χ1v) is 35.4. The molecule has 0 aliphatic heterocycles. The highest BCUT2D eigenvalue weighted by Crippen LogP contribution is 2.18. The van der Waals surface area contributed by atoms with Gasteiger partial charge in [-0.25, -0.2) is 0 Å². The Morgan fingerprint density at radius 2 is 0.470 bits per heavy atom. The first-order chi connectivity index (χ1) is 41.0. The van der Waals surface area contributed by atoms with Crippen molar-refractivity contribution in [2.45, 2.75) is 348 Å². The van der Waals surface area contributed by atoms with Gasteiger partial charge >= 0.3 is 17.9 Å². The van der Waals surface area contributed by atoms with Gasteiger partial charge in [0.1, 0.15) is 13.2 Å². The van der Waals surface area contributed by atoms with Crippen LogP contribution >= 0.6 is 0 Å². The topological polar surface area (TPSA) is 78.9 Å². The average Bonchev–Trinajstić information content (AvgIpc) is 3.49. The van der Waals surface area contributed by atoms with Crippen molar-refractivity contribution in [2.75, 3.05) is 13.2 Å². The molecule has 0 fully saturated rings. The Labute approximate surface area is 514 Å². The Morgan fingerprint density at radius 3 is 0.735 bits per heavy atom. The van der Waals surface area contributed by atoms with Gasteiger partial charge in [0.2, 0.25) is 0 Å². The molecule has 0 amide bonds. The SMILES string of the molecule is CC/C=C\C/C=C\C/C=C\C/C=C\C/C=C\CCCCCCCCCCCCCCCCCCCCCC(=O)OCC(COC(=O)CCCCCCCCCCCCCCC)OC(=O)CCCCCC/C=C\C/C=C\C/C=C\C/C=C\CC. The van der Waals surface area contributed by atoms with Gasteiger partial charge in [-0.15, -0.1) is 0 Å². The highest BCUT2D eigenvalue weighted by Gasteiger charge is 2.19. The third kappa shape index (κ3) is 68.7. The fourth-order valence-corrected chi connectivity index (χ4v) is 10.1. The zero-order valence-electron chi connectivity index (χ0n) is 54.7. The molecule has 0 aromatic rings. The zero-order valence-corrected chi connectivity index (χ0v) is 54.7. The minimum absolute atomic E-state index is 0.0832. The molecular weight excluding hydrogens is 1020 g/mol. The predicted octanol–water partition coefficient (Wildman–Crippen LogP) is 24.6. The lowest BCUT2D eigenvalue weighted by molar-refractivity contribution is -0.167. The summed E-state index contributed by atoms with van der Waals surface area (Å²) < 4.78 is 16.9. The van der Waals surface area contributed by atoms with Crippen LogP contribution in [0.4, 0.5) is 0 Å². The summed E-state index contributed by atoms with van der Waals surface area (Å²) in [6.07, 6.45) is 97.0. The van der Waals surface area contributed by atoms with Crippen LogP contribution in [-0.2, 0) is 28.6 Å². The summed E-state index contributed by atoms with van der Waals surface area (Å²) in [5, 5.41) is 0. The molecule has 6 nitrogen and oxygen atoms in total. The van der Waals surface area contributed by atoms with Crippen LogP contribution in [0.25, 0.3) is 0 Å². The molecule has 0 rings (SSSR count). The van der Waals surface area contributed by atoms with Gasteiger partial charge in [0.15, 0.2) is 6.10 Å². The van der Waals surface area contributed by atoms with Gasteiger partial charge < -0.3 is 14.2 Å². The van der Waals surface area contributed by atoms with Crippen LogP contribution in [0.2, 0.25) is 0 Å². The maximum absolute atomic E-state index is 12.9. The Balaban J connectivity index is 4.15.